The lowest BCUT2D eigenvalue weighted by Gasteiger charge is -2.44. The molecule has 1 aliphatic rings. The van der Waals surface area contributed by atoms with Gasteiger partial charge >= 0.3 is 0 Å². The van der Waals surface area contributed by atoms with Gasteiger partial charge < -0.3 is 5.32 Å². The van der Waals surface area contributed by atoms with E-state index in [9.17, 15) is 0 Å². The van der Waals surface area contributed by atoms with Crippen molar-refractivity contribution in [3.63, 3.8) is 0 Å². The summed E-state index contributed by atoms with van der Waals surface area (Å²) in [5.74, 6) is 0.752. The summed E-state index contributed by atoms with van der Waals surface area (Å²) in [5, 5.41) is 3.77. The average molecular weight is 259 g/mol. The predicted molar refractivity (Wildman–Crippen MR) is 83.3 cm³/mol. The van der Waals surface area contributed by atoms with Crippen LogP contribution in [-0.2, 0) is 0 Å². The molecule has 0 amide bonds. The normalized spacial score (nSPS) is 24.1. The SMILES string of the molecule is CCNC(c1ccccc1C)C1CCCCC1(C)C. The van der Waals surface area contributed by atoms with Crippen LogP contribution in [0.5, 0.6) is 0 Å². The van der Waals surface area contributed by atoms with Gasteiger partial charge in [0.25, 0.3) is 0 Å². The monoisotopic (exact) mass is 259 g/mol. The van der Waals surface area contributed by atoms with Crippen LogP contribution in [0.4, 0.5) is 0 Å². The van der Waals surface area contributed by atoms with Crippen LogP contribution in [0.3, 0.4) is 0 Å². The van der Waals surface area contributed by atoms with Crippen molar-refractivity contribution in [2.45, 2.75) is 59.4 Å². The fourth-order valence-corrected chi connectivity index (χ4v) is 3.76. The van der Waals surface area contributed by atoms with Crippen LogP contribution in [0.2, 0.25) is 0 Å². The molecular weight excluding hydrogens is 230 g/mol. The van der Waals surface area contributed by atoms with Gasteiger partial charge in [-0.1, -0.05) is 57.9 Å². The number of nitrogens with one attached hydrogen (secondary N) is 1. The third-order valence-corrected chi connectivity index (χ3v) is 4.94. The Labute approximate surface area is 118 Å². The molecule has 106 valence electrons. The lowest BCUT2D eigenvalue weighted by atomic mass is 9.64. The highest BCUT2D eigenvalue weighted by Crippen LogP contribution is 2.47. The van der Waals surface area contributed by atoms with Gasteiger partial charge in [-0.3, -0.25) is 0 Å². The van der Waals surface area contributed by atoms with Gasteiger partial charge in [-0.05, 0) is 48.8 Å². The quantitative estimate of drug-likeness (QED) is 0.814. The molecule has 0 aliphatic heterocycles. The topological polar surface area (TPSA) is 12.0 Å². The molecule has 0 aromatic heterocycles. The Balaban J connectivity index is 2.32. The standard InChI is InChI=1S/C18H29N/c1-5-19-17(15-11-7-6-10-14(15)2)16-12-8-9-13-18(16,3)4/h6-7,10-11,16-17,19H,5,8-9,12-13H2,1-4H3. The first-order valence-electron chi connectivity index (χ1n) is 7.85. The molecule has 1 heteroatoms. The van der Waals surface area contributed by atoms with Gasteiger partial charge in [0.05, 0.1) is 0 Å². The summed E-state index contributed by atoms with van der Waals surface area (Å²) in [4.78, 5) is 0. The maximum atomic E-state index is 3.77. The fraction of sp³-hybridized carbons (Fsp3) is 0.667. The molecule has 1 N–H and O–H groups in total. The maximum Gasteiger partial charge on any atom is 0.0356 e. The number of rotatable bonds is 4. The predicted octanol–water partition coefficient (Wildman–Crippen LogP) is 4.86. The van der Waals surface area contributed by atoms with Crippen LogP contribution in [0.15, 0.2) is 24.3 Å². The van der Waals surface area contributed by atoms with Gasteiger partial charge in [-0.15, -0.1) is 0 Å². The third kappa shape index (κ3) is 3.20. The Kier molecular flexibility index (Phi) is 4.67. The summed E-state index contributed by atoms with van der Waals surface area (Å²) >= 11 is 0. The molecular formula is C18H29N. The second-order valence-electron chi connectivity index (χ2n) is 6.73. The van der Waals surface area contributed by atoms with Gasteiger partial charge in [-0.25, -0.2) is 0 Å². The van der Waals surface area contributed by atoms with Gasteiger partial charge in [0.15, 0.2) is 0 Å². The summed E-state index contributed by atoms with van der Waals surface area (Å²) < 4.78 is 0. The largest absolute Gasteiger partial charge is 0.310 e. The third-order valence-electron chi connectivity index (χ3n) is 4.94. The van der Waals surface area contributed by atoms with Crippen LogP contribution in [-0.4, -0.2) is 6.54 Å². The number of hydrogen-bond donors (Lipinski definition) is 1. The first-order valence-corrected chi connectivity index (χ1v) is 7.85. The first-order chi connectivity index (χ1) is 9.06. The van der Waals surface area contributed by atoms with E-state index in [1.54, 1.807) is 0 Å². The number of aryl methyl sites for hydroxylation is 1. The van der Waals surface area contributed by atoms with Crippen LogP contribution in [0.25, 0.3) is 0 Å². The smallest absolute Gasteiger partial charge is 0.0356 e. The second-order valence-corrected chi connectivity index (χ2v) is 6.73. The van der Waals surface area contributed by atoms with Gasteiger partial charge in [-0.2, -0.15) is 0 Å². The Morgan fingerprint density at radius 1 is 1.26 bits per heavy atom. The summed E-state index contributed by atoms with van der Waals surface area (Å²) in [6.45, 7) is 10.4. The Hall–Kier alpha value is -0.820. The molecule has 1 fully saturated rings. The Morgan fingerprint density at radius 3 is 2.63 bits per heavy atom. The van der Waals surface area contributed by atoms with E-state index in [1.807, 2.05) is 0 Å². The van der Waals surface area contributed by atoms with E-state index in [1.165, 1.54) is 36.8 Å². The summed E-state index contributed by atoms with van der Waals surface area (Å²) in [7, 11) is 0. The summed E-state index contributed by atoms with van der Waals surface area (Å²) in [5.41, 5.74) is 3.38. The number of benzene rings is 1. The first kappa shape index (κ1) is 14.6. The molecule has 0 radical (unpaired) electrons. The van der Waals surface area contributed by atoms with Crippen LogP contribution in [0.1, 0.15) is 63.6 Å². The zero-order valence-electron chi connectivity index (χ0n) is 13.0. The van der Waals surface area contributed by atoms with E-state index in [2.05, 4.69) is 57.3 Å². The molecule has 1 aromatic rings. The minimum atomic E-state index is 0.452. The number of hydrogen-bond acceptors (Lipinski definition) is 1. The van der Waals surface area contributed by atoms with Crippen molar-refractivity contribution in [2.24, 2.45) is 11.3 Å². The average Bonchev–Trinajstić information content (AvgIpc) is 2.37. The molecule has 1 saturated carbocycles. The van der Waals surface area contributed by atoms with Crippen molar-refractivity contribution in [1.82, 2.24) is 5.32 Å². The molecule has 1 nitrogen and oxygen atoms in total. The summed E-state index contributed by atoms with van der Waals surface area (Å²) in [6.07, 6.45) is 5.52. The van der Waals surface area contributed by atoms with Gasteiger partial charge in [0, 0.05) is 6.04 Å². The van der Waals surface area contributed by atoms with Crippen molar-refractivity contribution in [3.05, 3.63) is 35.4 Å². The Bertz CT molecular complexity index is 408. The van der Waals surface area contributed by atoms with Crippen molar-refractivity contribution in [1.29, 1.82) is 0 Å². The molecule has 2 atom stereocenters. The van der Waals surface area contributed by atoms with E-state index in [4.69, 9.17) is 0 Å². The zero-order chi connectivity index (χ0) is 13.9. The molecule has 0 spiro atoms. The molecule has 2 unspecified atom stereocenters. The van der Waals surface area contributed by atoms with Crippen molar-refractivity contribution >= 4 is 0 Å². The molecule has 0 heterocycles. The zero-order valence-corrected chi connectivity index (χ0v) is 13.0. The minimum absolute atomic E-state index is 0.452. The van der Waals surface area contributed by atoms with Gasteiger partial charge in [0.1, 0.15) is 0 Å². The van der Waals surface area contributed by atoms with E-state index >= 15 is 0 Å². The van der Waals surface area contributed by atoms with Crippen LogP contribution in [0, 0.1) is 18.3 Å². The summed E-state index contributed by atoms with van der Waals surface area (Å²) in [6, 6.07) is 9.40. The highest BCUT2D eigenvalue weighted by molar-refractivity contribution is 5.29. The molecule has 0 bridgehead atoms. The minimum Gasteiger partial charge on any atom is -0.310 e. The lowest BCUT2D eigenvalue weighted by molar-refractivity contribution is 0.0986. The van der Waals surface area contributed by atoms with Crippen LogP contribution >= 0.6 is 0 Å². The molecule has 2 rings (SSSR count). The molecule has 1 aliphatic carbocycles. The molecule has 0 saturated heterocycles. The second kappa shape index (κ2) is 6.09. The molecule has 19 heavy (non-hydrogen) atoms. The van der Waals surface area contributed by atoms with E-state index < -0.39 is 0 Å². The van der Waals surface area contributed by atoms with Crippen molar-refractivity contribution in [3.8, 4) is 0 Å². The maximum absolute atomic E-state index is 3.77. The lowest BCUT2D eigenvalue weighted by Crippen LogP contribution is -2.39. The van der Waals surface area contributed by atoms with Crippen molar-refractivity contribution in [2.75, 3.05) is 6.54 Å². The molecule has 1 aromatic carbocycles. The van der Waals surface area contributed by atoms with E-state index in [-0.39, 0.29) is 0 Å². The van der Waals surface area contributed by atoms with Crippen molar-refractivity contribution < 1.29 is 0 Å². The van der Waals surface area contributed by atoms with Gasteiger partial charge in [0.2, 0.25) is 0 Å². The Morgan fingerprint density at radius 2 is 2.00 bits per heavy atom. The van der Waals surface area contributed by atoms with E-state index in [0.717, 1.165) is 12.5 Å². The highest BCUT2D eigenvalue weighted by Gasteiger charge is 2.38. The highest BCUT2D eigenvalue weighted by atomic mass is 14.9. The fourth-order valence-electron chi connectivity index (χ4n) is 3.76. The van der Waals surface area contributed by atoms with Crippen LogP contribution < -0.4 is 5.32 Å². The van der Waals surface area contributed by atoms with E-state index in [0.29, 0.717) is 11.5 Å².